The summed E-state index contributed by atoms with van der Waals surface area (Å²) >= 11 is 0. The number of hydrogen-bond donors (Lipinski definition) is 1. The van der Waals surface area contributed by atoms with Crippen LogP contribution in [0, 0.1) is 0 Å². The molecular formula is C17H24BNO2. The summed E-state index contributed by atoms with van der Waals surface area (Å²) in [6, 6.07) is 7.19. The summed E-state index contributed by atoms with van der Waals surface area (Å²) in [4.78, 5) is 0. The van der Waals surface area contributed by atoms with Crippen molar-refractivity contribution in [2.24, 2.45) is 0 Å². The molecule has 1 saturated carbocycles. The van der Waals surface area contributed by atoms with Crippen LogP contribution in [0.3, 0.4) is 0 Å². The first kappa shape index (κ1) is 13.7. The molecule has 2 atom stereocenters. The zero-order valence-corrected chi connectivity index (χ0v) is 13.4. The lowest BCUT2D eigenvalue weighted by Gasteiger charge is -2.32. The summed E-state index contributed by atoms with van der Waals surface area (Å²) in [5.41, 5.74) is 3.33. The van der Waals surface area contributed by atoms with Gasteiger partial charge in [0.05, 0.1) is 11.2 Å². The first-order valence-electron chi connectivity index (χ1n) is 8.14. The number of nitrogens with one attached hydrogen (secondary N) is 1. The normalized spacial score (nSPS) is 31.9. The largest absolute Gasteiger partial charge is 0.496 e. The van der Waals surface area contributed by atoms with Crippen LogP contribution in [0.4, 0.5) is 5.69 Å². The van der Waals surface area contributed by atoms with Gasteiger partial charge in [-0.3, -0.25) is 0 Å². The third-order valence-corrected chi connectivity index (χ3v) is 5.88. The third kappa shape index (κ3) is 1.88. The smallest absolute Gasteiger partial charge is 0.399 e. The van der Waals surface area contributed by atoms with Crippen molar-refractivity contribution in [3.63, 3.8) is 0 Å². The minimum absolute atomic E-state index is 0.267. The first-order valence-corrected chi connectivity index (χ1v) is 8.14. The maximum absolute atomic E-state index is 6.24. The third-order valence-electron chi connectivity index (χ3n) is 5.88. The number of rotatable bonds is 1. The number of benzene rings is 1. The van der Waals surface area contributed by atoms with Crippen LogP contribution in [0.2, 0.25) is 0 Å². The Labute approximate surface area is 127 Å². The number of fused-ring (bicyclic) bond motifs is 3. The molecule has 2 aliphatic heterocycles. The van der Waals surface area contributed by atoms with E-state index < -0.39 is 0 Å². The van der Waals surface area contributed by atoms with Crippen molar-refractivity contribution < 1.29 is 9.31 Å². The standard InChI is InChI=1S/C17H24BNO2/c1-16(2)17(3,4)21-18(20-16)13-9-5-8-12-11-7-6-10-14(11)19-15(12)13/h5,8-9,11,14,19H,6-7,10H2,1-4H3. The molecular weight excluding hydrogens is 261 g/mol. The van der Waals surface area contributed by atoms with E-state index in [0.717, 1.165) is 0 Å². The second-order valence-electron chi connectivity index (χ2n) is 7.69. The fourth-order valence-electron chi connectivity index (χ4n) is 3.92. The van der Waals surface area contributed by atoms with E-state index in [-0.39, 0.29) is 18.3 Å². The molecule has 4 heteroatoms. The predicted octanol–water partition coefficient (Wildman–Crippen LogP) is 3.05. The van der Waals surface area contributed by atoms with E-state index in [1.165, 1.54) is 36.0 Å². The van der Waals surface area contributed by atoms with Crippen molar-refractivity contribution >= 4 is 18.3 Å². The van der Waals surface area contributed by atoms with E-state index in [2.05, 4.69) is 51.2 Å². The van der Waals surface area contributed by atoms with E-state index in [1.54, 1.807) is 0 Å². The summed E-state index contributed by atoms with van der Waals surface area (Å²) in [5, 5.41) is 3.74. The molecule has 0 radical (unpaired) electrons. The van der Waals surface area contributed by atoms with Gasteiger partial charge in [0.15, 0.2) is 0 Å². The molecule has 112 valence electrons. The highest BCUT2D eigenvalue weighted by Gasteiger charge is 2.53. The van der Waals surface area contributed by atoms with Gasteiger partial charge in [-0.25, -0.2) is 0 Å². The van der Waals surface area contributed by atoms with Gasteiger partial charge in [-0.1, -0.05) is 24.6 Å². The Morgan fingerprint density at radius 3 is 2.52 bits per heavy atom. The maximum Gasteiger partial charge on any atom is 0.496 e. The molecule has 0 aromatic heterocycles. The molecule has 1 aromatic rings. The lowest BCUT2D eigenvalue weighted by Crippen LogP contribution is -2.41. The zero-order valence-electron chi connectivity index (χ0n) is 13.4. The van der Waals surface area contributed by atoms with Crippen LogP contribution in [0.15, 0.2) is 18.2 Å². The zero-order chi connectivity index (χ0) is 14.8. The monoisotopic (exact) mass is 285 g/mol. The molecule has 0 spiro atoms. The molecule has 0 bridgehead atoms. The minimum atomic E-state index is -0.283. The quantitative estimate of drug-likeness (QED) is 0.804. The molecule has 2 unspecified atom stereocenters. The number of anilines is 1. The Bertz CT molecular complexity index is 568. The van der Waals surface area contributed by atoms with Gasteiger partial charge < -0.3 is 14.6 Å². The van der Waals surface area contributed by atoms with Crippen molar-refractivity contribution in [3.8, 4) is 0 Å². The highest BCUT2D eigenvalue weighted by molar-refractivity contribution is 6.64. The average molecular weight is 285 g/mol. The van der Waals surface area contributed by atoms with E-state index in [0.29, 0.717) is 12.0 Å². The summed E-state index contributed by atoms with van der Waals surface area (Å²) in [6.07, 6.45) is 3.92. The van der Waals surface area contributed by atoms with Crippen LogP contribution >= 0.6 is 0 Å². The Morgan fingerprint density at radius 1 is 1.10 bits per heavy atom. The van der Waals surface area contributed by atoms with Gasteiger partial charge in [-0.15, -0.1) is 0 Å². The molecule has 1 saturated heterocycles. The fraction of sp³-hybridized carbons (Fsp3) is 0.647. The van der Waals surface area contributed by atoms with E-state index in [4.69, 9.17) is 9.31 Å². The van der Waals surface area contributed by atoms with E-state index in [1.807, 2.05) is 0 Å². The van der Waals surface area contributed by atoms with Crippen molar-refractivity contribution in [2.45, 2.75) is 70.1 Å². The van der Waals surface area contributed by atoms with Crippen LogP contribution < -0.4 is 10.8 Å². The molecule has 21 heavy (non-hydrogen) atoms. The molecule has 3 nitrogen and oxygen atoms in total. The molecule has 2 heterocycles. The van der Waals surface area contributed by atoms with Gasteiger partial charge in [0.2, 0.25) is 0 Å². The topological polar surface area (TPSA) is 30.5 Å². The summed E-state index contributed by atoms with van der Waals surface area (Å²) < 4.78 is 12.5. The average Bonchev–Trinajstić information content (AvgIpc) is 3.01. The van der Waals surface area contributed by atoms with E-state index >= 15 is 0 Å². The summed E-state index contributed by atoms with van der Waals surface area (Å²) in [6.45, 7) is 8.44. The predicted molar refractivity (Wildman–Crippen MR) is 86.2 cm³/mol. The van der Waals surface area contributed by atoms with Crippen molar-refractivity contribution in [3.05, 3.63) is 23.8 Å². The number of hydrogen-bond acceptors (Lipinski definition) is 3. The first-order chi connectivity index (χ1) is 9.89. The van der Waals surface area contributed by atoms with Gasteiger partial charge in [0.1, 0.15) is 0 Å². The van der Waals surface area contributed by atoms with Crippen molar-refractivity contribution in [1.29, 1.82) is 0 Å². The van der Waals surface area contributed by atoms with Gasteiger partial charge in [-0.2, -0.15) is 0 Å². The highest BCUT2D eigenvalue weighted by atomic mass is 16.7. The lowest BCUT2D eigenvalue weighted by atomic mass is 9.76. The van der Waals surface area contributed by atoms with Crippen LogP contribution in [0.5, 0.6) is 0 Å². The van der Waals surface area contributed by atoms with Crippen LogP contribution in [-0.2, 0) is 9.31 Å². The Balaban J connectivity index is 1.71. The van der Waals surface area contributed by atoms with Gasteiger partial charge in [0.25, 0.3) is 0 Å². The highest BCUT2D eigenvalue weighted by Crippen LogP contribution is 2.45. The van der Waals surface area contributed by atoms with Gasteiger partial charge in [-0.05, 0) is 46.1 Å². The molecule has 3 aliphatic rings. The minimum Gasteiger partial charge on any atom is -0.399 e. The molecule has 1 aromatic carbocycles. The van der Waals surface area contributed by atoms with Crippen LogP contribution in [0.25, 0.3) is 0 Å². The van der Waals surface area contributed by atoms with Crippen molar-refractivity contribution in [2.75, 3.05) is 5.32 Å². The van der Waals surface area contributed by atoms with Gasteiger partial charge >= 0.3 is 7.12 Å². The molecule has 1 N–H and O–H groups in total. The van der Waals surface area contributed by atoms with Crippen LogP contribution in [-0.4, -0.2) is 24.4 Å². The molecule has 2 fully saturated rings. The molecule has 1 aliphatic carbocycles. The summed E-state index contributed by atoms with van der Waals surface area (Å²) in [5.74, 6) is 0.683. The second kappa shape index (κ2) is 4.27. The Kier molecular flexibility index (Phi) is 2.77. The van der Waals surface area contributed by atoms with Gasteiger partial charge in [0, 0.05) is 23.1 Å². The maximum atomic E-state index is 6.24. The molecule has 0 amide bonds. The lowest BCUT2D eigenvalue weighted by molar-refractivity contribution is 0.00578. The Hall–Kier alpha value is -0.995. The SMILES string of the molecule is CC1(C)OB(c2cccc3c2NC2CCCC32)OC1(C)C. The van der Waals surface area contributed by atoms with Crippen LogP contribution in [0.1, 0.15) is 58.4 Å². The Morgan fingerprint density at radius 2 is 1.81 bits per heavy atom. The summed E-state index contributed by atoms with van der Waals surface area (Å²) in [7, 11) is -0.267. The van der Waals surface area contributed by atoms with Crippen molar-refractivity contribution in [1.82, 2.24) is 0 Å². The fourth-order valence-corrected chi connectivity index (χ4v) is 3.92. The molecule has 4 rings (SSSR count). The second-order valence-corrected chi connectivity index (χ2v) is 7.69. The number of para-hydroxylation sites is 1. The van der Waals surface area contributed by atoms with E-state index in [9.17, 15) is 0 Å².